The second kappa shape index (κ2) is 6.43. The normalized spacial score (nSPS) is 11.8. The van der Waals surface area contributed by atoms with Gasteiger partial charge in [0.05, 0.1) is 5.75 Å². The minimum absolute atomic E-state index is 0.279. The highest BCUT2D eigenvalue weighted by Crippen LogP contribution is 1.91. The van der Waals surface area contributed by atoms with E-state index in [1.54, 1.807) is 0 Å². The monoisotopic (exact) mass is 193 g/mol. The zero-order chi connectivity index (χ0) is 9.45. The van der Waals surface area contributed by atoms with Gasteiger partial charge in [0.1, 0.15) is 0 Å². The molecule has 0 bridgehead atoms. The molecule has 0 saturated heterocycles. The molecule has 0 aliphatic rings. The first-order valence-corrected chi connectivity index (χ1v) is 6.35. The second-order valence-corrected chi connectivity index (χ2v) is 5.21. The lowest BCUT2D eigenvalue weighted by Crippen LogP contribution is -2.24. The summed E-state index contributed by atoms with van der Waals surface area (Å²) in [5.74, 6) is 0.599. The lowest BCUT2D eigenvalue weighted by molar-refractivity contribution is 0.589. The molecule has 0 aromatic heterocycles. The number of sulfone groups is 1. The fourth-order valence-corrected chi connectivity index (χ4v) is 2.22. The topological polar surface area (TPSA) is 46.2 Å². The Hall–Kier alpha value is -0.0900. The number of rotatable bonds is 7. The van der Waals surface area contributed by atoms with Gasteiger partial charge in [0.2, 0.25) is 0 Å². The Labute approximate surface area is 75.5 Å². The first-order valence-electron chi connectivity index (χ1n) is 4.53. The second-order valence-electron chi connectivity index (χ2n) is 2.90. The van der Waals surface area contributed by atoms with Gasteiger partial charge in [-0.05, 0) is 19.4 Å². The summed E-state index contributed by atoms with van der Waals surface area (Å²) in [6.45, 7) is 5.45. The third-order valence-electron chi connectivity index (χ3n) is 1.53. The van der Waals surface area contributed by atoms with Crippen molar-refractivity contribution in [2.75, 3.05) is 24.6 Å². The van der Waals surface area contributed by atoms with Crippen LogP contribution < -0.4 is 5.32 Å². The summed E-state index contributed by atoms with van der Waals surface area (Å²) in [5, 5.41) is 3.07. The van der Waals surface area contributed by atoms with Gasteiger partial charge in [0, 0.05) is 12.3 Å². The van der Waals surface area contributed by atoms with Gasteiger partial charge in [-0.1, -0.05) is 13.8 Å². The summed E-state index contributed by atoms with van der Waals surface area (Å²) < 4.78 is 22.3. The molecule has 0 heterocycles. The van der Waals surface area contributed by atoms with Crippen LogP contribution in [0.5, 0.6) is 0 Å². The Morgan fingerprint density at radius 1 is 1.00 bits per heavy atom. The summed E-state index contributed by atoms with van der Waals surface area (Å²) in [4.78, 5) is 0. The fourth-order valence-electron chi connectivity index (χ4n) is 0.943. The minimum atomic E-state index is -2.77. The van der Waals surface area contributed by atoms with Crippen LogP contribution in [-0.2, 0) is 9.84 Å². The van der Waals surface area contributed by atoms with Crippen LogP contribution in [0.1, 0.15) is 26.7 Å². The molecule has 0 saturated carbocycles. The molecule has 0 amide bonds. The van der Waals surface area contributed by atoms with Crippen molar-refractivity contribution >= 4 is 9.84 Å². The molecule has 12 heavy (non-hydrogen) atoms. The van der Waals surface area contributed by atoms with Crippen molar-refractivity contribution in [1.29, 1.82) is 0 Å². The molecule has 0 aliphatic heterocycles. The average Bonchev–Trinajstić information content (AvgIpc) is 1.98. The lowest BCUT2D eigenvalue weighted by atomic mass is 10.5. The van der Waals surface area contributed by atoms with Gasteiger partial charge in [-0.25, -0.2) is 8.42 Å². The van der Waals surface area contributed by atoms with Crippen LogP contribution in [0.2, 0.25) is 0 Å². The third kappa shape index (κ3) is 6.61. The first-order chi connectivity index (χ1) is 5.62. The van der Waals surface area contributed by atoms with Crippen molar-refractivity contribution in [2.45, 2.75) is 26.7 Å². The molecule has 0 atom stereocenters. The van der Waals surface area contributed by atoms with Crippen molar-refractivity contribution in [3.63, 3.8) is 0 Å². The Kier molecular flexibility index (Phi) is 6.38. The molecule has 0 radical (unpaired) electrons. The summed E-state index contributed by atoms with van der Waals surface area (Å²) >= 11 is 0. The maximum absolute atomic E-state index is 11.2. The SMILES string of the molecule is CCCNCCS(=O)(=O)CCC. The molecular weight excluding hydrogens is 174 g/mol. The molecule has 0 unspecified atom stereocenters. The van der Waals surface area contributed by atoms with E-state index in [0.717, 1.165) is 19.4 Å². The minimum Gasteiger partial charge on any atom is -0.316 e. The Balaban J connectivity index is 3.48. The van der Waals surface area contributed by atoms with Gasteiger partial charge in [0.25, 0.3) is 0 Å². The van der Waals surface area contributed by atoms with Gasteiger partial charge in [-0.2, -0.15) is 0 Å². The van der Waals surface area contributed by atoms with Crippen molar-refractivity contribution in [1.82, 2.24) is 5.32 Å². The number of nitrogens with one attached hydrogen (secondary N) is 1. The largest absolute Gasteiger partial charge is 0.316 e. The first kappa shape index (κ1) is 11.9. The lowest BCUT2D eigenvalue weighted by Gasteiger charge is -2.03. The maximum atomic E-state index is 11.2. The average molecular weight is 193 g/mol. The molecule has 4 heteroatoms. The zero-order valence-electron chi connectivity index (χ0n) is 7.97. The van der Waals surface area contributed by atoms with E-state index in [-0.39, 0.29) is 5.75 Å². The van der Waals surface area contributed by atoms with E-state index in [2.05, 4.69) is 12.2 Å². The maximum Gasteiger partial charge on any atom is 0.151 e. The number of hydrogen-bond donors (Lipinski definition) is 1. The van der Waals surface area contributed by atoms with E-state index in [9.17, 15) is 8.42 Å². The molecule has 3 nitrogen and oxygen atoms in total. The fraction of sp³-hybridized carbons (Fsp3) is 1.00. The van der Waals surface area contributed by atoms with Gasteiger partial charge in [-0.3, -0.25) is 0 Å². The molecule has 0 aromatic carbocycles. The zero-order valence-corrected chi connectivity index (χ0v) is 8.78. The predicted molar refractivity (Wildman–Crippen MR) is 52.1 cm³/mol. The molecule has 1 N–H and O–H groups in total. The van der Waals surface area contributed by atoms with Crippen LogP contribution in [0.15, 0.2) is 0 Å². The van der Waals surface area contributed by atoms with E-state index >= 15 is 0 Å². The van der Waals surface area contributed by atoms with Crippen LogP contribution in [0.3, 0.4) is 0 Å². The molecule has 0 spiro atoms. The van der Waals surface area contributed by atoms with Gasteiger partial charge >= 0.3 is 0 Å². The van der Waals surface area contributed by atoms with E-state index < -0.39 is 9.84 Å². The highest BCUT2D eigenvalue weighted by molar-refractivity contribution is 7.91. The molecule has 74 valence electrons. The standard InChI is InChI=1S/C8H19NO2S/c1-3-5-9-6-8-12(10,11)7-4-2/h9H,3-8H2,1-2H3. The smallest absolute Gasteiger partial charge is 0.151 e. The summed E-state index contributed by atoms with van der Waals surface area (Å²) in [5.41, 5.74) is 0. The molecule has 0 aromatic rings. The van der Waals surface area contributed by atoms with E-state index in [1.807, 2.05) is 6.92 Å². The highest BCUT2D eigenvalue weighted by Gasteiger charge is 2.07. The van der Waals surface area contributed by atoms with Crippen LogP contribution in [0.25, 0.3) is 0 Å². The van der Waals surface area contributed by atoms with E-state index in [1.165, 1.54) is 0 Å². The summed E-state index contributed by atoms with van der Waals surface area (Å²) in [7, 11) is -2.77. The molecular formula is C8H19NO2S. The van der Waals surface area contributed by atoms with Crippen molar-refractivity contribution < 1.29 is 8.42 Å². The number of hydrogen-bond acceptors (Lipinski definition) is 3. The van der Waals surface area contributed by atoms with Crippen molar-refractivity contribution in [3.8, 4) is 0 Å². The van der Waals surface area contributed by atoms with Crippen molar-refractivity contribution in [3.05, 3.63) is 0 Å². The van der Waals surface area contributed by atoms with E-state index in [0.29, 0.717) is 12.3 Å². The van der Waals surface area contributed by atoms with Crippen LogP contribution in [-0.4, -0.2) is 33.0 Å². The molecule has 0 aliphatic carbocycles. The Bertz CT molecular complexity index is 187. The molecule has 0 fully saturated rings. The van der Waals surface area contributed by atoms with Crippen molar-refractivity contribution in [2.24, 2.45) is 0 Å². The van der Waals surface area contributed by atoms with Crippen LogP contribution >= 0.6 is 0 Å². The van der Waals surface area contributed by atoms with Crippen LogP contribution in [0.4, 0.5) is 0 Å². The predicted octanol–water partition coefficient (Wildman–Crippen LogP) is 0.811. The Morgan fingerprint density at radius 3 is 2.17 bits per heavy atom. The van der Waals surface area contributed by atoms with Gasteiger partial charge in [-0.15, -0.1) is 0 Å². The quantitative estimate of drug-likeness (QED) is 0.609. The van der Waals surface area contributed by atoms with Gasteiger partial charge < -0.3 is 5.32 Å². The van der Waals surface area contributed by atoms with Crippen LogP contribution in [0, 0.1) is 0 Å². The third-order valence-corrected chi connectivity index (χ3v) is 3.39. The van der Waals surface area contributed by atoms with E-state index in [4.69, 9.17) is 0 Å². The van der Waals surface area contributed by atoms with Gasteiger partial charge in [0.15, 0.2) is 9.84 Å². The summed E-state index contributed by atoms with van der Waals surface area (Å²) in [6.07, 6.45) is 1.77. The highest BCUT2D eigenvalue weighted by atomic mass is 32.2. The molecule has 0 rings (SSSR count). The summed E-state index contributed by atoms with van der Waals surface area (Å²) in [6, 6.07) is 0. The Morgan fingerprint density at radius 2 is 1.67 bits per heavy atom.